The van der Waals surface area contributed by atoms with Crippen molar-refractivity contribution in [2.45, 2.75) is 26.3 Å². The molecular formula is C13H18N4O. The molecule has 0 aliphatic heterocycles. The number of nitrogens with zero attached hydrogens (tertiary/aromatic N) is 2. The van der Waals surface area contributed by atoms with Gasteiger partial charge < -0.3 is 15.1 Å². The van der Waals surface area contributed by atoms with Crippen molar-refractivity contribution in [1.29, 1.82) is 0 Å². The van der Waals surface area contributed by atoms with E-state index in [1.165, 1.54) is 0 Å². The standard InChI is InChI=1S/C13H18N4O/c1-9(2)13-16-11(14-3)7-12(17-13)15-8-10-5-4-6-18-10/h4-7,9H,8H2,1-3H3,(H2,14,15,16,17). The van der Waals surface area contributed by atoms with Crippen LogP contribution in [-0.4, -0.2) is 17.0 Å². The van der Waals surface area contributed by atoms with Gasteiger partial charge in [0, 0.05) is 19.0 Å². The maximum Gasteiger partial charge on any atom is 0.135 e. The Bertz CT molecular complexity index is 494. The molecular weight excluding hydrogens is 228 g/mol. The Morgan fingerprint density at radius 3 is 2.67 bits per heavy atom. The molecule has 0 saturated carbocycles. The molecule has 5 heteroatoms. The van der Waals surface area contributed by atoms with E-state index in [9.17, 15) is 0 Å². The van der Waals surface area contributed by atoms with E-state index in [0.717, 1.165) is 23.2 Å². The van der Waals surface area contributed by atoms with Crippen LogP contribution >= 0.6 is 0 Å². The largest absolute Gasteiger partial charge is 0.467 e. The summed E-state index contributed by atoms with van der Waals surface area (Å²) in [4.78, 5) is 8.89. The third-order valence-corrected chi connectivity index (χ3v) is 2.54. The Labute approximate surface area is 107 Å². The highest BCUT2D eigenvalue weighted by Crippen LogP contribution is 2.17. The summed E-state index contributed by atoms with van der Waals surface area (Å²) in [5.74, 6) is 3.61. The molecule has 0 spiro atoms. The average Bonchev–Trinajstić information content (AvgIpc) is 2.89. The molecule has 0 saturated heterocycles. The molecule has 0 aliphatic rings. The maximum absolute atomic E-state index is 5.27. The molecule has 2 rings (SSSR count). The summed E-state index contributed by atoms with van der Waals surface area (Å²) in [6.07, 6.45) is 1.66. The first-order valence-corrected chi connectivity index (χ1v) is 6.02. The molecule has 18 heavy (non-hydrogen) atoms. The monoisotopic (exact) mass is 246 g/mol. The Balaban J connectivity index is 2.13. The fourth-order valence-corrected chi connectivity index (χ4v) is 1.53. The molecule has 0 amide bonds. The van der Waals surface area contributed by atoms with Gasteiger partial charge in [0.05, 0.1) is 12.8 Å². The second-order valence-electron chi connectivity index (χ2n) is 4.33. The second-order valence-corrected chi connectivity index (χ2v) is 4.33. The Morgan fingerprint density at radius 1 is 1.28 bits per heavy atom. The first-order chi connectivity index (χ1) is 8.69. The molecule has 2 aromatic heterocycles. The van der Waals surface area contributed by atoms with E-state index < -0.39 is 0 Å². The van der Waals surface area contributed by atoms with Crippen molar-refractivity contribution in [3.63, 3.8) is 0 Å². The number of aromatic nitrogens is 2. The third kappa shape index (κ3) is 3.00. The summed E-state index contributed by atoms with van der Waals surface area (Å²) in [7, 11) is 1.85. The van der Waals surface area contributed by atoms with Crippen LogP contribution in [0.3, 0.4) is 0 Å². The average molecular weight is 246 g/mol. The highest BCUT2D eigenvalue weighted by Gasteiger charge is 2.07. The number of rotatable bonds is 5. The van der Waals surface area contributed by atoms with Crippen molar-refractivity contribution in [3.05, 3.63) is 36.0 Å². The van der Waals surface area contributed by atoms with E-state index in [1.54, 1.807) is 6.26 Å². The molecule has 0 aromatic carbocycles. The van der Waals surface area contributed by atoms with Crippen LogP contribution in [0.5, 0.6) is 0 Å². The lowest BCUT2D eigenvalue weighted by Crippen LogP contribution is -2.07. The quantitative estimate of drug-likeness (QED) is 0.849. The van der Waals surface area contributed by atoms with Crippen LogP contribution in [0.25, 0.3) is 0 Å². The molecule has 0 fully saturated rings. The van der Waals surface area contributed by atoms with Gasteiger partial charge in [-0.2, -0.15) is 0 Å². The van der Waals surface area contributed by atoms with E-state index in [4.69, 9.17) is 4.42 Å². The predicted molar refractivity (Wildman–Crippen MR) is 71.7 cm³/mol. The van der Waals surface area contributed by atoms with Crippen LogP contribution in [0, 0.1) is 0 Å². The van der Waals surface area contributed by atoms with Gasteiger partial charge in [0.1, 0.15) is 23.2 Å². The number of hydrogen-bond acceptors (Lipinski definition) is 5. The second kappa shape index (κ2) is 5.53. The van der Waals surface area contributed by atoms with Crippen LogP contribution in [0.4, 0.5) is 11.6 Å². The molecule has 2 heterocycles. The lowest BCUT2D eigenvalue weighted by Gasteiger charge is -2.10. The summed E-state index contributed by atoms with van der Waals surface area (Å²) in [5.41, 5.74) is 0. The smallest absolute Gasteiger partial charge is 0.135 e. The summed E-state index contributed by atoms with van der Waals surface area (Å²) < 4.78 is 5.27. The Kier molecular flexibility index (Phi) is 3.82. The molecule has 0 bridgehead atoms. The van der Waals surface area contributed by atoms with Crippen molar-refractivity contribution in [1.82, 2.24) is 9.97 Å². The first-order valence-electron chi connectivity index (χ1n) is 6.02. The Hall–Kier alpha value is -2.04. The number of hydrogen-bond donors (Lipinski definition) is 2. The molecule has 0 atom stereocenters. The number of anilines is 2. The summed E-state index contributed by atoms with van der Waals surface area (Å²) in [6.45, 7) is 4.76. The van der Waals surface area contributed by atoms with Gasteiger partial charge in [-0.3, -0.25) is 0 Å². The van der Waals surface area contributed by atoms with Crippen LogP contribution < -0.4 is 10.6 Å². The van der Waals surface area contributed by atoms with E-state index in [2.05, 4.69) is 34.4 Å². The number of furan rings is 1. The van der Waals surface area contributed by atoms with E-state index in [0.29, 0.717) is 12.5 Å². The highest BCUT2D eigenvalue weighted by molar-refractivity contribution is 5.47. The van der Waals surface area contributed by atoms with Gasteiger partial charge in [-0.25, -0.2) is 9.97 Å². The molecule has 0 unspecified atom stereocenters. The maximum atomic E-state index is 5.27. The van der Waals surface area contributed by atoms with E-state index in [1.807, 2.05) is 25.2 Å². The lowest BCUT2D eigenvalue weighted by atomic mass is 10.2. The van der Waals surface area contributed by atoms with Crippen LogP contribution in [-0.2, 0) is 6.54 Å². The normalized spacial score (nSPS) is 10.7. The highest BCUT2D eigenvalue weighted by atomic mass is 16.3. The minimum atomic E-state index is 0.294. The van der Waals surface area contributed by atoms with Gasteiger partial charge in [0.15, 0.2) is 0 Å². The molecule has 0 aliphatic carbocycles. The van der Waals surface area contributed by atoms with Crippen LogP contribution in [0.15, 0.2) is 28.9 Å². The fraction of sp³-hybridized carbons (Fsp3) is 0.385. The van der Waals surface area contributed by atoms with Crippen molar-refractivity contribution in [2.75, 3.05) is 17.7 Å². The third-order valence-electron chi connectivity index (χ3n) is 2.54. The Morgan fingerprint density at radius 2 is 2.06 bits per heavy atom. The first kappa shape index (κ1) is 12.4. The van der Waals surface area contributed by atoms with Gasteiger partial charge in [-0.1, -0.05) is 13.8 Å². The van der Waals surface area contributed by atoms with Crippen molar-refractivity contribution in [2.24, 2.45) is 0 Å². The zero-order valence-electron chi connectivity index (χ0n) is 10.9. The van der Waals surface area contributed by atoms with Gasteiger partial charge in [-0.05, 0) is 12.1 Å². The molecule has 0 radical (unpaired) electrons. The topological polar surface area (TPSA) is 63.0 Å². The molecule has 5 nitrogen and oxygen atoms in total. The van der Waals surface area contributed by atoms with Crippen LogP contribution in [0.1, 0.15) is 31.4 Å². The summed E-state index contributed by atoms with van der Waals surface area (Å²) in [6, 6.07) is 5.68. The lowest BCUT2D eigenvalue weighted by molar-refractivity contribution is 0.517. The molecule has 2 aromatic rings. The molecule has 96 valence electrons. The summed E-state index contributed by atoms with van der Waals surface area (Å²) >= 11 is 0. The van der Waals surface area contributed by atoms with Gasteiger partial charge >= 0.3 is 0 Å². The molecule has 2 N–H and O–H groups in total. The van der Waals surface area contributed by atoms with Gasteiger partial charge in [0.2, 0.25) is 0 Å². The zero-order chi connectivity index (χ0) is 13.0. The fourth-order valence-electron chi connectivity index (χ4n) is 1.53. The van der Waals surface area contributed by atoms with Crippen LogP contribution in [0.2, 0.25) is 0 Å². The van der Waals surface area contributed by atoms with E-state index in [-0.39, 0.29) is 0 Å². The summed E-state index contributed by atoms with van der Waals surface area (Å²) in [5, 5.41) is 6.27. The minimum absolute atomic E-state index is 0.294. The SMILES string of the molecule is CNc1cc(NCc2ccco2)nc(C(C)C)n1. The van der Waals surface area contributed by atoms with Crippen molar-refractivity contribution in [3.8, 4) is 0 Å². The van der Waals surface area contributed by atoms with Crippen molar-refractivity contribution >= 4 is 11.6 Å². The van der Waals surface area contributed by atoms with Gasteiger partial charge in [-0.15, -0.1) is 0 Å². The predicted octanol–water partition coefficient (Wildman–Crippen LogP) is 2.85. The number of nitrogens with one attached hydrogen (secondary N) is 2. The van der Waals surface area contributed by atoms with Crippen molar-refractivity contribution < 1.29 is 4.42 Å². The van der Waals surface area contributed by atoms with E-state index >= 15 is 0 Å². The van der Waals surface area contributed by atoms with Gasteiger partial charge in [0.25, 0.3) is 0 Å². The zero-order valence-corrected chi connectivity index (χ0v) is 10.9. The minimum Gasteiger partial charge on any atom is -0.467 e.